The number of carboxylic acids is 1. The number of carboxylic acid groups (broad SMARTS) is 1. The van der Waals surface area contributed by atoms with Crippen molar-refractivity contribution in [3.63, 3.8) is 0 Å². The normalized spacial score (nSPS) is 18.9. The van der Waals surface area contributed by atoms with Gasteiger partial charge in [0.25, 0.3) is 0 Å². The number of imidazole rings is 1. The molecule has 19 heavy (non-hydrogen) atoms. The molecule has 0 bridgehead atoms. The zero-order valence-corrected chi connectivity index (χ0v) is 11.1. The molecule has 7 nitrogen and oxygen atoms in total. The summed E-state index contributed by atoms with van der Waals surface area (Å²) in [4.78, 5) is 31.3. The number of H-pyrrole nitrogens is 1. The Hall–Kier alpha value is -2.05. The number of nitrogens with zero attached hydrogens (tertiary/aromatic N) is 2. The fourth-order valence-corrected chi connectivity index (χ4v) is 1.96. The van der Waals surface area contributed by atoms with E-state index < -0.39 is 23.7 Å². The first kappa shape index (κ1) is 13.4. The van der Waals surface area contributed by atoms with E-state index in [1.807, 2.05) is 0 Å². The number of nitrogens with one attached hydrogen (secondary N) is 1. The van der Waals surface area contributed by atoms with E-state index in [2.05, 4.69) is 9.97 Å². The van der Waals surface area contributed by atoms with E-state index in [-0.39, 0.29) is 13.0 Å². The summed E-state index contributed by atoms with van der Waals surface area (Å²) in [6, 6.07) is -1.05. The number of carbonyl (C=O) groups excluding carboxylic acids is 2. The summed E-state index contributed by atoms with van der Waals surface area (Å²) in [6.07, 6.45) is 0.942. The Bertz CT molecular complexity index is 503. The molecule has 0 spiro atoms. The smallest absolute Gasteiger partial charge is 0.411 e. The van der Waals surface area contributed by atoms with Gasteiger partial charge in [0, 0.05) is 6.42 Å². The van der Waals surface area contributed by atoms with Crippen molar-refractivity contribution < 1.29 is 19.4 Å². The maximum absolute atomic E-state index is 12.0. The molecule has 0 saturated heterocycles. The van der Waals surface area contributed by atoms with Gasteiger partial charge in [-0.25, -0.2) is 9.78 Å². The lowest BCUT2D eigenvalue weighted by Crippen LogP contribution is -2.54. The van der Waals surface area contributed by atoms with Gasteiger partial charge in [-0.3, -0.25) is 4.90 Å². The Morgan fingerprint density at radius 3 is 2.79 bits per heavy atom. The van der Waals surface area contributed by atoms with Gasteiger partial charge in [-0.05, 0) is 20.8 Å². The quantitative estimate of drug-likeness (QED) is 0.760. The van der Waals surface area contributed by atoms with Gasteiger partial charge in [-0.2, -0.15) is 0 Å². The molecule has 7 heteroatoms. The van der Waals surface area contributed by atoms with Gasteiger partial charge in [-0.1, -0.05) is 0 Å². The molecule has 1 aliphatic heterocycles. The van der Waals surface area contributed by atoms with Gasteiger partial charge in [-0.15, -0.1) is 0 Å². The van der Waals surface area contributed by atoms with Crippen LogP contribution in [-0.4, -0.2) is 38.6 Å². The van der Waals surface area contributed by atoms with Crippen molar-refractivity contribution in [3.05, 3.63) is 17.7 Å². The van der Waals surface area contributed by atoms with Crippen LogP contribution in [0.25, 0.3) is 0 Å². The van der Waals surface area contributed by atoms with Crippen molar-refractivity contribution in [2.24, 2.45) is 0 Å². The Kier molecular flexibility index (Phi) is 3.21. The average molecular weight is 266 g/mol. The number of carbonyl (C=O) groups is 2. The summed E-state index contributed by atoms with van der Waals surface area (Å²) in [5, 5.41) is 11.2. The molecule has 0 unspecified atom stereocenters. The summed E-state index contributed by atoms with van der Waals surface area (Å²) >= 11 is 0. The first-order valence-electron chi connectivity index (χ1n) is 5.99. The number of hydrogen-bond donors (Lipinski definition) is 1. The molecule has 104 valence electrons. The van der Waals surface area contributed by atoms with Crippen LogP contribution in [0.4, 0.5) is 4.79 Å². The van der Waals surface area contributed by atoms with Crippen molar-refractivity contribution in [3.8, 4) is 0 Å². The van der Waals surface area contributed by atoms with Gasteiger partial charge in [0.2, 0.25) is 0 Å². The van der Waals surface area contributed by atoms with E-state index in [0.29, 0.717) is 5.69 Å². The molecular weight excluding hydrogens is 250 g/mol. The van der Waals surface area contributed by atoms with Crippen LogP contribution in [0, 0.1) is 0 Å². The lowest BCUT2D eigenvalue weighted by atomic mass is 10.0. The predicted molar refractivity (Wildman–Crippen MR) is 62.9 cm³/mol. The standard InChI is InChI=1S/C12H17N3O4/c1-12(2,3)19-11(18)15-5-8-7(13-6-14-8)4-9(15)10(16)17/h6,9H,4-5H2,1-3H3,(H,13,14)(H,16,17)/p-1/t9-/m0/s1. The van der Waals surface area contributed by atoms with Crippen LogP contribution in [-0.2, 0) is 22.5 Å². The highest BCUT2D eigenvalue weighted by Gasteiger charge is 2.34. The van der Waals surface area contributed by atoms with Gasteiger partial charge < -0.3 is 19.6 Å². The third-order valence-electron chi connectivity index (χ3n) is 2.80. The maximum Gasteiger partial charge on any atom is 0.411 e. The Balaban J connectivity index is 2.22. The summed E-state index contributed by atoms with van der Waals surface area (Å²) in [6.45, 7) is 5.31. The van der Waals surface area contributed by atoms with Crippen molar-refractivity contribution >= 4 is 12.1 Å². The van der Waals surface area contributed by atoms with Gasteiger partial charge in [0.1, 0.15) is 5.60 Å². The summed E-state index contributed by atoms with van der Waals surface area (Å²) in [5.74, 6) is -1.31. The lowest BCUT2D eigenvalue weighted by molar-refractivity contribution is -0.311. The highest BCUT2D eigenvalue weighted by Crippen LogP contribution is 2.22. The van der Waals surface area contributed by atoms with Crippen LogP contribution in [0.2, 0.25) is 0 Å². The average Bonchev–Trinajstić information content (AvgIpc) is 2.71. The second-order valence-electron chi connectivity index (χ2n) is 5.47. The molecule has 0 saturated carbocycles. The highest BCUT2D eigenvalue weighted by atomic mass is 16.6. The largest absolute Gasteiger partial charge is 0.548 e. The van der Waals surface area contributed by atoms with Crippen molar-refractivity contribution in [1.82, 2.24) is 14.9 Å². The van der Waals surface area contributed by atoms with Crippen molar-refractivity contribution in [2.75, 3.05) is 0 Å². The van der Waals surface area contributed by atoms with Gasteiger partial charge >= 0.3 is 6.09 Å². The van der Waals surface area contributed by atoms with E-state index in [4.69, 9.17) is 4.74 Å². The number of hydrogen-bond acceptors (Lipinski definition) is 5. The van der Waals surface area contributed by atoms with Crippen LogP contribution >= 0.6 is 0 Å². The van der Waals surface area contributed by atoms with Gasteiger partial charge in [0.15, 0.2) is 0 Å². The van der Waals surface area contributed by atoms with E-state index in [1.165, 1.54) is 6.33 Å². The molecule has 2 rings (SSSR count). The molecule has 0 aliphatic carbocycles. The van der Waals surface area contributed by atoms with E-state index in [0.717, 1.165) is 10.6 Å². The minimum Gasteiger partial charge on any atom is -0.548 e. The molecule has 1 aromatic heterocycles. The second-order valence-corrected chi connectivity index (χ2v) is 5.47. The van der Waals surface area contributed by atoms with E-state index in [1.54, 1.807) is 20.8 Å². The number of rotatable bonds is 1. The molecule has 2 heterocycles. The molecule has 1 aliphatic rings. The first-order valence-corrected chi connectivity index (χ1v) is 5.99. The number of aliphatic carboxylic acids is 1. The minimum atomic E-state index is -1.31. The number of aromatic amines is 1. The third-order valence-corrected chi connectivity index (χ3v) is 2.80. The Labute approximate surface area is 110 Å². The molecule has 0 fully saturated rings. The zero-order chi connectivity index (χ0) is 14.2. The summed E-state index contributed by atoms with van der Waals surface area (Å²) in [7, 11) is 0. The monoisotopic (exact) mass is 266 g/mol. The fourth-order valence-electron chi connectivity index (χ4n) is 1.96. The fraction of sp³-hybridized carbons (Fsp3) is 0.583. The SMILES string of the molecule is CC(C)(C)OC(=O)N1Cc2[nH]cnc2C[C@H]1C(=O)[O-]. The maximum atomic E-state index is 12.0. The second kappa shape index (κ2) is 4.56. The van der Waals surface area contributed by atoms with Crippen LogP contribution in [0.15, 0.2) is 6.33 Å². The van der Waals surface area contributed by atoms with Crippen LogP contribution in [0.3, 0.4) is 0 Å². The number of amides is 1. The van der Waals surface area contributed by atoms with Crippen molar-refractivity contribution in [2.45, 2.75) is 45.4 Å². The number of ether oxygens (including phenoxy) is 1. The van der Waals surface area contributed by atoms with Crippen molar-refractivity contribution in [1.29, 1.82) is 0 Å². The van der Waals surface area contributed by atoms with Crippen LogP contribution in [0.5, 0.6) is 0 Å². The molecule has 1 N–H and O–H groups in total. The molecule has 0 aromatic carbocycles. The molecule has 1 aromatic rings. The molecule has 1 amide bonds. The third kappa shape index (κ3) is 2.86. The first-order chi connectivity index (χ1) is 8.78. The summed E-state index contributed by atoms with van der Waals surface area (Å²) in [5.41, 5.74) is 0.694. The van der Waals surface area contributed by atoms with Crippen LogP contribution in [0.1, 0.15) is 32.2 Å². The Morgan fingerprint density at radius 2 is 2.21 bits per heavy atom. The number of fused-ring (bicyclic) bond motifs is 1. The van der Waals surface area contributed by atoms with Crippen LogP contribution < -0.4 is 5.11 Å². The van der Waals surface area contributed by atoms with E-state index >= 15 is 0 Å². The minimum absolute atomic E-state index is 0.125. The lowest BCUT2D eigenvalue weighted by Gasteiger charge is -2.36. The molecular formula is C12H16N3O4-. The molecule has 1 atom stereocenters. The molecule has 0 radical (unpaired) electrons. The van der Waals surface area contributed by atoms with E-state index in [9.17, 15) is 14.7 Å². The predicted octanol–water partition coefficient (Wildman–Crippen LogP) is -0.179. The topological polar surface area (TPSA) is 98.3 Å². The number of aromatic nitrogens is 2. The summed E-state index contributed by atoms with van der Waals surface area (Å²) < 4.78 is 5.21. The highest BCUT2D eigenvalue weighted by molar-refractivity contribution is 5.79. The Morgan fingerprint density at radius 1 is 1.53 bits per heavy atom. The van der Waals surface area contributed by atoms with Gasteiger partial charge in [0.05, 0.1) is 36.3 Å². The zero-order valence-electron chi connectivity index (χ0n) is 11.1.